The number of amides is 1. The largest absolute Gasteiger partial charge is 0.297 e. The Morgan fingerprint density at radius 3 is 2.75 bits per heavy atom. The summed E-state index contributed by atoms with van der Waals surface area (Å²) in [5, 5.41) is 4.02. The molecule has 2 aromatic heterocycles. The van der Waals surface area contributed by atoms with Gasteiger partial charge in [-0.3, -0.25) is 10.1 Å². The van der Waals surface area contributed by atoms with Crippen molar-refractivity contribution >= 4 is 87.4 Å². The van der Waals surface area contributed by atoms with Gasteiger partial charge in [0.15, 0.2) is 5.13 Å². The Bertz CT molecular complexity index is 796. The Morgan fingerprint density at radius 1 is 1.25 bits per heavy atom. The highest BCUT2D eigenvalue weighted by Crippen LogP contribution is 2.33. The lowest BCUT2D eigenvalue weighted by atomic mass is 10.3. The standard InChI is InChI=1S/C12H5Br2ClN2OS2/c13-6-4-9(19-10(6)14)11(18)17-12-16-7-2-1-5(15)3-8(7)20-12/h1-4H,(H,16,17,18). The lowest BCUT2D eigenvalue weighted by Crippen LogP contribution is -2.09. The lowest BCUT2D eigenvalue weighted by molar-refractivity contribution is 0.103. The van der Waals surface area contributed by atoms with Crippen molar-refractivity contribution in [2.75, 3.05) is 5.32 Å². The fourth-order valence-corrected chi connectivity index (χ4v) is 4.64. The van der Waals surface area contributed by atoms with E-state index < -0.39 is 0 Å². The number of anilines is 1. The Labute approximate surface area is 144 Å². The van der Waals surface area contributed by atoms with Gasteiger partial charge in [-0.2, -0.15) is 0 Å². The highest BCUT2D eigenvalue weighted by atomic mass is 79.9. The molecular formula is C12H5Br2ClN2OS2. The molecule has 0 aliphatic heterocycles. The minimum Gasteiger partial charge on any atom is -0.297 e. The summed E-state index contributed by atoms with van der Waals surface area (Å²) in [6.07, 6.45) is 0. The minimum atomic E-state index is -0.174. The van der Waals surface area contributed by atoms with Crippen molar-refractivity contribution in [3.63, 3.8) is 0 Å². The van der Waals surface area contributed by atoms with E-state index in [9.17, 15) is 4.79 Å². The van der Waals surface area contributed by atoms with Gasteiger partial charge < -0.3 is 0 Å². The summed E-state index contributed by atoms with van der Waals surface area (Å²) < 4.78 is 2.70. The molecule has 102 valence electrons. The fourth-order valence-electron chi connectivity index (χ4n) is 1.57. The van der Waals surface area contributed by atoms with Gasteiger partial charge in [-0.15, -0.1) is 11.3 Å². The number of hydrogen-bond acceptors (Lipinski definition) is 4. The van der Waals surface area contributed by atoms with E-state index in [2.05, 4.69) is 42.2 Å². The van der Waals surface area contributed by atoms with Gasteiger partial charge in [-0.05, 0) is 56.1 Å². The zero-order chi connectivity index (χ0) is 14.3. The summed E-state index contributed by atoms with van der Waals surface area (Å²) in [5.74, 6) is -0.174. The number of rotatable bonds is 2. The van der Waals surface area contributed by atoms with Crippen molar-refractivity contribution in [2.45, 2.75) is 0 Å². The van der Waals surface area contributed by atoms with Crippen LogP contribution in [0.25, 0.3) is 10.2 Å². The minimum absolute atomic E-state index is 0.174. The van der Waals surface area contributed by atoms with Crippen LogP contribution in [-0.4, -0.2) is 10.9 Å². The molecule has 20 heavy (non-hydrogen) atoms. The molecule has 0 aliphatic carbocycles. The fraction of sp³-hybridized carbons (Fsp3) is 0. The number of carbonyl (C=O) groups is 1. The van der Waals surface area contributed by atoms with Crippen LogP contribution in [0.2, 0.25) is 5.02 Å². The third kappa shape index (κ3) is 2.92. The summed E-state index contributed by atoms with van der Waals surface area (Å²) in [6.45, 7) is 0. The maximum Gasteiger partial charge on any atom is 0.267 e. The predicted octanol–water partition coefficient (Wildman–Crippen LogP) is 5.79. The summed E-state index contributed by atoms with van der Waals surface area (Å²) in [7, 11) is 0. The van der Waals surface area contributed by atoms with Crippen LogP contribution in [0.15, 0.2) is 32.5 Å². The van der Waals surface area contributed by atoms with Crippen LogP contribution >= 0.6 is 66.1 Å². The number of benzene rings is 1. The van der Waals surface area contributed by atoms with Gasteiger partial charge in [-0.1, -0.05) is 22.9 Å². The average molecular weight is 453 g/mol. The first-order valence-corrected chi connectivity index (χ1v) is 8.95. The smallest absolute Gasteiger partial charge is 0.267 e. The molecule has 3 nitrogen and oxygen atoms in total. The first-order chi connectivity index (χ1) is 9.52. The van der Waals surface area contributed by atoms with E-state index in [1.807, 2.05) is 12.1 Å². The zero-order valence-corrected chi connectivity index (χ0v) is 15.2. The molecule has 1 N–H and O–H groups in total. The topological polar surface area (TPSA) is 42.0 Å². The molecule has 2 heterocycles. The third-order valence-corrected chi connectivity index (χ3v) is 6.86. The summed E-state index contributed by atoms with van der Waals surface area (Å²) in [4.78, 5) is 17.1. The van der Waals surface area contributed by atoms with Crippen molar-refractivity contribution in [1.29, 1.82) is 0 Å². The summed E-state index contributed by atoms with van der Waals surface area (Å²) >= 11 is 15.4. The maximum absolute atomic E-state index is 12.1. The van der Waals surface area contributed by atoms with Crippen molar-refractivity contribution in [3.8, 4) is 0 Å². The number of hydrogen-bond donors (Lipinski definition) is 1. The van der Waals surface area contributed by atoms with Crippen molar-refractivity contribution in [2.24, 2.45) is 0 Å². The number of carbonyl (C=O) groups excluding carboxylic acids is 1. The van der Waals surface area contributed by atoms with E-state index in [-0.39, 0.29) is 5.91 Å². The van der Waals surface area contributed by atoms with Gasteiger partial charge >= 0.3 is 0 Å². The van der Waals surface area contributed by atoms with Crippen molar-refractivity contribution in [1.82, 2.24) is 4.98 Å². The molecule has 1 amide bonds. The van der Waals surface area contributed by atoms with Crippen LogP contribution in [-0.2, 0) is 0 Å². The monoisotopic (exact) mass is 450 g/mol. The highest BCUT2D eigenvalue weighted by Gasteiger charge is 2.14. The van der Waals surface area contributed by atoms with Crippen LogP contribution in [0.1, 0.15) is 9.67 Å². The Morgan fingerprint density at radius 2 is 2.05 bits per heavy atom. The van der Waals surface area contributed by atoms with Gasteiger partial charge in [0.2, 0.25) is 0 Å². The Kier molecular flexibility index (Phi) is 4.14. The molecule has 0 spiro atoms. The van der Waals surface area contributed by atoms with Gasteiger partial charge in [0, 0.05) is 9.50 Å². The summed E-state index contributed by atoms with van der Waals surface area (Å²) in [5.41, 5.74) is 0.822. The van der Waals surface area contributed by atoms with Crippen LogP contribution in [0.5, 0.6) is 0 Å². The van der Waals surface area contributed by atoms with Gasteiger partial charge in [0.05, 0.1) is 18.9 Å². The molecule has 3 aromatic rings. The van der Waals surface area contributed by atoms with Crippen molar-refractivity contribution in [3.05, 3.63) is 42.4 Å². The van der Waals surface area contributed by atoms with E-state index in [0.29, 0.717) is 15.0 Å². The number of nitrogens with one attached hydrogen (secondary N) is 1. The molecule has 1 aromatic carbocycles. The van der Waals surface area contributed by atoms with E-state index >= 15 is 0 Å². The van der Waals surface area contributed by atoms with E-state index in [0.717, 1.165) is 18.5 Å². The molecule has 0 atom stereocenters. The summed E-state index contributed by atoms with van der Waals surface area (Å²) in [6, 6.07) is 7.22. The van der Waals surface area contributed by atoms with Crippen LogP contribution < -0.4 is 5.32 Å². The molecule has 0 saturated heterocycles. The number of nitrogens with zero attached hydrogens (tertiary/aromatic N) is 1. The van der Waals surface area contributed by atoms with E-state index in [4.69, 9.17) is 11.6 Å². The van der Waals surface area contributed by atoms with Gasteiger partial charge in [0.1, 0.15) is 0 Å². The van der Waals surface area contributed by atoms with Crippen LogP contribution in [0.3, 0.4) is 0 Å². The molecule has 0 fully saturated rings. The SMILES string of the molecule is O=C(Nc1nc2ccc(Cl)cc2s1)c1cc(Br)c(Br)s1. The second kappa shape index (κ2) is 5.73. The highest BCUT2D eigenvalue weighted by molar-refractivity contribution is 9.13. The normalized spacial score (nSPS) is 10.9. The second-order valence-electron chi connectivity index (χ2n) is 3.82. The number of aromatic nitrogens is 1. The van der Waals surface area contributed by atoms with E-state index in [1.165, 1.54) is 22.7 Å². The molecule has 0 saturated carbocycles. The molecule has 3 rings (SSSR count). The second-order valence-corrected chi connectivity index (χ2v) is 8.51. The van der Waals surface area contributed by atoms with Gasteiger partial charge in [0.25, 0.3) is 5.91 Å². The zero-order valence-electron chi connectivity index (χ0n) is 9.62. The molecule has 0 unspecified atom stereocenters. The molecule has 0 radical (unpaired) electrons. The molecule has 0 bridgehead atoms. The first-order valence-electron chi connectivity index (χ1n) is 5.35. The molecular weight excluding hydrogens is 448 g/mol. The number of halogens is 3. The number of thiazole rings is 1. The molecule has 0 aliphatic rings. The lowest BCUT2D eigenvalue weighted by Gasteiger charge is -1.96. The number of fused-ring (bicyclic) bond motifs is 1. The quantitative estimate of drug-likeness (QED) is 0.535. The van der Waals surface area contributed by atoms with E-state index in [1.54, 1.807) is 12.1 Å². The Balaban J connectivity index is 1.87. The maximum atomic E-state index is 12.1. The average Bonchev–Trinajstić information content (AvgIpc) is 2.93. The number of thiophene rings is 1. The van der Waals surface area contributed by atoms with Gasteiger partial charge in [-0.25, -0.2) is 4.98 Å². The van der Waals surface area contributed by atoms with Crippen LogP contribution in [0.4, 0.5) is 5.13 Å². The van der Waals surface area contributed by atoms with Crippen LogP contribution in [0, 0.1) is 0 Å². The Hall–Kier alpha value is -0.470. The third-order valence-electron chi connectivity index (χ3n) is 2.44. The predicted molar refractivity (Wildman–Crippen MR) is 92.3 cm³/mol. The first kappa shape index (κ1) is 14.5. The van der Waals surface area contributed by atoms with Crippen molar-refractivity contribution < 1.29 is 4.79 Å². The molecule has 8 heteroatoms.